The van der Waals surface area contributed by atoms with Crippen molar-refractivity contribution in [3.05, 3.63) is 68.1 Å². The van der Waals surface area contributed by atoms with E-state index in [1.54, 1.807) is 24.3 Å². The number of rotatable bonds is 7. The molecule has 29 heavy (non-hydrogen) atoms. The Morgan fingerprint density at radius 3 is 2.72 bits per heavy atom. The van der Waals surface area contributed by atoms with Gasteiger partial charge in [0.1, 0.15) is 5.69 Å². The monoisotopic (exact) mass is 432 g/mol. The van der Waals surface area contributed by atoms with Gasteiger partial charge in [-0.25, -0.2) is 10.4 Å². The minimum Gasteiger partial charge on any atom is -0.491 e. The van der Waals surface area contributed by atoms with E-state index in [0.29, 0.717) is 44.7 Å². The molecule has 1 aromatic heterocycles. The number of aromatic amines is 1. The number of para-hydroxylation sites is 2. The first-order chi connectivity index (χ1) is 14.0. The van der Waals surface area contributed by atoms with Crippen molar-refractivity contribution < 1.29 is 9.53 Å². The number of aromatic nitrogens is 2. The van der Waals surface area contributed by atoms with Crippen LogP contribution in [0.15, 0.2) is 46.3 Å². The van der Waals surface area contributed by atoms with Crippen LogP contribution in [0.25, 0.3) is 11.0 Å². The van der Waals surface area contributed by atoms with Gasteiger partial charge in [0.25, 0.3) is 5.56 Å². The third-order valence-electron chi connectivity index (χ3n) is 3.97. The number of fused-ring (bicyclic) bond motifs is 1. The van der Waals surface area contributed by atoms with Crippen molar-refractivity contribution in [2.75, 3.05) is 6.61 Å². The molecule has 0 aliphatic heterocycles. The van der Waals surface area contributed by atoms with Crippen molar-refractivity contribution in [1.29, 1.82) is 0 Å². The van der Waals surface area contributed by atoms with Crippen LogP contribution in [-0.4, -0.2) is 28.7 Å². The van der Waals surface area contributed by atoms with Crippen molar-refractivity contribution in [2.45, 2.75) is 19.8 Å². The zero-order valence-electron chi connectivity index (χ0n) is 15.5. The Morgan fingerprint density at radius 1 is 1.28 bits per heavy atom. The number of carbonyl (C=O) groups excluding carboxylic acids is 1. The maximum Gasteiger partial charge on any atom is 0.270 e. The van der Waals surface area contributed by atoms with E-state index in [1.807, 2.05) is 19.1 Å². The molecule has 1 heterocycles. The van der Waals surface area contributed by atoms with Gasteiger partial charge in [-0.3, -0.25) is 9.59 Å². The second-order valence-corrected chi connectivity index (χ2v) is 6.88. The number of ether oxygens (including phenoxy) is 1. The first-order valence-electron chi connectivity index (χ1n) is 8.89. The number of halogens is 2. The summed E-state index contributed by atoms with van der Waals surface area (Å²) in [7, 11) is 0. The quantitative estimate of drug-likeness (QED) is 0.439. The summed E-state index contributed by atoms with van der Waals surface area (Å²) in [4.78, 5) is 31.2. The van der Waals surface area contributed by atoms with Crippen LogP contribution in [0.3, 0.4) is 0 Å². The lowest BCUT2D eigenvalue weighted by Gasteiger charge is -2.08. The number of hydrogen-bond donors (Lipinski definition) is 2. The Morgan fingerprint density at radius 2 is 2.00 bits per heavy atom. The van der Waals surface area contributed by atoms with Gasteiger partial charge in [-0.15, -0.1) is 0 Å². The molecule has 0 unspecified atom stereocenters. The summed E-state index contributed by atoms with van der Waals surface area (Å²) in [6, 6.07) is 10.5. The van der Waals surface area contributed by atoms with E-state index in [9.17, 15) is 9.59 Å². The molecule has 0 bridgehead atoms. The van der Waals surface area contributed by atoms with E-state index in [-0.39, 0.29) is 24.3 Å². The zero-order chi connectivity index (χ0) is 20.8. The Labute approximate surface area is 176 Å². The summed E-state index contributed by atoms with van der Waals surface area (Å²) in [5.74, 6) is 0.0591. The number of hydrazone groups is 1. The second kappa shape index (κ2) is 9.54. The number of amides is 1. The standard InChI is InChI=1S/C20H18Cl2N4O3/c1-2-29-19-13(21)9-12(10-14(19)22)11-23-26-18(27)8-7-17-20(28)25-16-6-4-3-5-15(16)24-17/h3-6,9-11H,2,7-8H2,1H3,(H,25,28)(H,26,27)/b23-11-. The molecule has 0 aliphatic rings. The third-order valence-corrected chi connectivity index (χ3v) is 4.53. The molecule has 0 spiro atoms. The van der Waals surface area contributed by atoms with Gasteiger partial charge in [-0.05, 0) is 36.8 Å². The van der Waals surface area contributed by atoms with Gasteiger partial charge >= 0.3 is 0 Å². The number of carbonyl (C=O) groups is 1. The molecule has 0 saturated carbocycles. The topological polar surface area (TPSA) is 96.4 Å². The van der Waals surface area contributed by atoms with Crippen molar-refractivity contribution in [1.82, 2.24) is 15.4 Å². The molecular weight excluding hydrogens is 415 g/mol. The number of hydrogen-bond acceptors (Lipinski definition) is 5. The fraction of sp³-hybridized carbons (Fsp3) is 0.200. The third kappa shape index (κ3) is 5.34. The summed E-state index contributed by atoms with van der Waals surface area (Å²) in [6.07, 6.45) is 1.69. The average molecular weight is 433 g/mol. The van der Waals surface area contributed by atoms with Gasteiger partial charge < -0.3 is 9.72 Å². The molecular formula is C20H18Cl2N4O3. The fourth-order valence-corrected chi connectivity index (χ4v) is 3.25. The Balaban J connectivity index is 1.59. The molecule has 0 radical (unpaired) electrons. The fourth-order valence-electron chi connectivity index (χ4n) is 2.64. The minimum absolute atomic E-state index is 0.0660. The summed E-state index contributed by atoms with van der Waals surface area (Å²) < 4.78 is 5.36. The highest BCUT2D eigenvalue weighted by atomic mass is 35.5. The predicted molar refractivity (Wildman–Crippen MR) is 114 cm³/mol. The highest BCUT2D eigenvalue weighted by Gasteiger charge is 2.09. The highest BCUT2D eigenvalue weighted by Crippen LogP contribution is 2.33. The van der Waals surface area contributed by atoms with Gasteiger partial charge in [0.15, 0.2) is 5.75 Å². The van der Waals surface area contributed by atoms with Crippen LogP contribution in [0.2, 0.25) is 10.0 Å². The molecule has 7 nitrogen and oxygen atoms in total. The molecule has 150 valence electrons. The largest absolute Gasteiger partial charge is 0.491 e. The number of nitrogens with zero attached hydrogens (tertiary/aromatic N) is 2. The smallest absolute Gasteiger partial charge is 0.270 e. The summed E-state index contributed by atoms with van der Waals surface area (Å²) in [5.41, 5.74) is 4.34. The molecule has 3 rings (SSSR count). The van der Waals surface area contributed by atoms with Crippen molar-refractivity contribution in [2.24, 2.45) is 5.10 Å². The average Bonchev–Trinajstić information content (AvgIpc) is 2.69. The maximum atomic E-state index is 12.1. The van der Waals surface area contributed by atoms with E-state index in [1.165, 1.54) is 6.21 Å². The molecule has 0 saturated heterocycles. The van der Waals surface area contributed by atoms with Crippen LogP contribution in [0.4, 0.5) is 0 Å². The lowest BCUT2D eigenvalue weighted by atomic mass is 10.2. The SMILES string of the molecule is CCOc1c(Cl)cc(/C=N\NC(=O)CCc2nc3ccccc3[nH]c2=O)cc1Cl. The van der Waals surface area contributed by atoms with E-state index >= 15 is 0 Å². The van der Waals surface area contributed by atoms with Gasteiger partial charge in [0.2, 0.25) is 5.91 Å². The van der Waals surface area contributed by atoms with E-state index in [0.717, 1.165) is 0 Å². The Bertz CT molecular complexity index is 1110. The minimum atomic E-state index is -0.348. The summed E-state index contributed by atoms with van der Waals surface area (Å²) in [6.45, 7) is 2.27. The second-order valence-electron chi connectivity index (χ2n) is 6.07. The van der Waals surface area contributed by atoms with E-state index in [2.05, 4.69) is 20.5 Å². The number of benzene rings is 2. The number of nitrogens with one attached hydrogen (secondary N) is 2. The lowest BCUT2D eigenvalue weighted by molar-refractivity contribution is -0.121. The summed E-state index contributed by atoms with van der Waals surface area (Å²) >= 11 is 12.3. The van der Waals surface area contributed by atoms with Gasteiger partial charge in [0.05, 0.1) is 33.9 Å². The number of H-pyrrole nitrogens is 1. The molecule has 2 N–H and O–H groups in total. The molecule has 1 amide bonds. The van der Waals surface area contributed by atoms with Crippen LogP contribution < -0.4 is 15.7 Å². The summed E-state index contributed by atoms with van der Waals surface area (Å²) in [5, 5.41) is 4.61. The van der Waals surface area contributed by atoms with Crippen LogP contribution in [0.1, 0.15) is 24.6 Å². The highest BCUT2D eigenvalue weighted by molar-refractivity contribution is 6.37. The lowest BCUT2D eigenvalue weighted by Crippen LogP contribution is -2.21. The Hall–Kier alpha value is -2.90. The molecule has 0 fully saturated rings. The normalized spacial score (nSPS) is 11.1. The Kier molecular flexibility index (Phi) is 6.85. The maximum absolute atomic E-state index is 12.1. The molecule has 0 atom stereocenters. The van der Waals surface area contributed by atoms with Crippen molar-refractivity contribution in [3.63, 3.8) is 0 Å². The van der Waals surface area contributed by atoms with Crippen LogP contribution in [-0.2, 0) is 11.2 Å². The number of aryl methyl sites for hydroxylation is 1. The molecule has 0 aliphatic carbocycles. The van der Waals surface area contributed by atoms with Gasteiger partial charge in [-0.1, -0.05) is 35.3 Å². The van der Waals surface area contributed by atoms with Gasteiger partial charge in [0, 0.05) is 12.8 Å². The molecule has 3 aromatic rings. The zero-order valence-corrected chi connectivity index (χ0v) is 17.0. The van der Waals surface area contributed by atoms with Crippen molar-refractivity contribution in [3.8, 4) is 5.75 Å². The van der Waals surface area contributed by atoms with Crippen LogP contribution in [0, 0.1) is 0 Å². The van der Waals surface area contributed by atoms with Crippen LogP contribution >= 0.6 is 23.2 Å². The van der Waals surface area contributed by atoms with Gasteiger partial charge in [-0.2, -0.15) is 5.10 Å². The predicted octanol–water partition coefficient (Wildman–Crippen LogP) is 3.71. The van der Waals surface area contributed by atoms with Crippen LogP contribution in [0.5, 0.6) is 5.75 Å². The first kappa shape index (κ1) is 20.8. The van der Waals surface area contributed by atoms with E-state index in [4.69, 9.17) is 27.9 Å². The molecule has 9 heteroatoms. The molecule has 2 aromatic carbocycles. The van der Waals surface area contributed by atoms with Crippen molar-refractivity contribution >= 4 is 46.4 Å². The first-order valence-corrected chi connectivity index (χ1v) is 9.65. The van der Waals surface area contributed by atoms with E-state index < -0.39 is 0 Å².